The van der Waals surface area contributed by atoms with Crippen molar-refractivity contribution in [3.63, 3.8) is 0 Å². The van der Waals surface area contributed by atoms with Crippen molar-refractivity contribution in [3.05, 3.63) is 64.4 Å². The first-order chi connectivity index (χ1) is 13.2. The van der Waals surface area contributed by atoms with Gasteiger partial charge in [-0.3, -0.25) is 0 Å². The van der Waals surface area contributed by atoms with Crippen LogP contribution in [-0.2, 0) is 13.2 Å². The van der Waals surface area contributed by atoms with E-state index in [4.69, 9.17) is 25.8 Å². The second-order valence-electron chi connectivity index (χ2n) is 5.51. The van der Waals surface area contributed by atoms with Gasteiger partial charge in [0.05, 0.1) is 7.11 Å². The second-order valence-corrected chi connectivity index (χ2v) is 6.99. The molecule has 0 atom stereocenters. The zero-order valence-corrected chi connectivity index (χ0v) is 15.9. The Bertz CT molecular complexity index is 1030. The highest BCUT2D eigenvalue weighted by atomic mass is 35.5. The van der Waals surface area contributed by atoms with Crippen LogP contribution in [0.25, 0.3) is 4.96 Å². The van der Waals surface area contributed by atoms with E-state index in [1.807, 2.05) is 36.4 Å². The summed E-state index contributed by atoms with van der Waals surface area (Å²) in [5.74, 6) is 2.84. The minimum absolute atomic E-state index is 0.259. The highest BCUT2D eigenvalue weighted by Gasteiger charge is 2.13. The van der Waals surface area contributed by atoms with E-state index in [1.54, 1.807) is 23.8 Å². The molecule has 0 spiro atoms. The molecular weight excluding hydrogens is 388 g/mol. The molecule has 27 heavy (non-hydrogen) atoms. The van der Waals surface area contributed by atoms with Gasteiger partial charge in [-0.25, -0.2) is 0 Å². The summed E-state index contributed by atoms with van der Waals surface area (Å²) in [6.07, 6.45) is 0. The Morgan fingerprint density at radius 3 is 2.22 bits per heavy atom. The molecule has 0 amide bonds. The first-order valence-electron chi connectivity index (χ1n) is 8.06. The number of hydrogen-bond donors (Lipinski definition) is 0. The molecule has 2 heterocycles. The van der Waals surface area contributed by atoms with Crippen molar-refractivity contribution in [2.24, 2.45) is 0 Å². The molecule has 0 saturated heterocycles. The maximum Gasteiger partial charge on any atom is 0.234 e. The number of hydrogen-bond acceptors (Lipinski definition) is 7. The lowest BCUT2D eigenvalue weighted by Crippen LogP contribution is -2.03. The third-order valence-electron chi connectivity index (χ3n) is 3.70. The van der Waals surface area contributed by atoms with Crippen molar-refractivity contribution >= 4 is 27.9 Å². The molecule has 0 fully saturated rings. The van der Waals surface area contributed by atoms with Gasteiger partial charge in [-0.15, -0.1) is 10.2 Å². The fourth-order valence-electron chi connectivity index (χ4n) is 2.34. The molecular formula is C18H15ClN4O3S. The van der Waals surface area contributed by atoms with Gasteiger partial charge < -0.3 is 14.2 Å². The molecule has 4 aromatic rings. The fourth-order valence-corrected chi connectivity index (χ4v) is 3.23. The van der Waals surface area contributed by atoms with Crippen molar-refractivity contribution in [2.75, 3.05) is 7.11 Å². The second kappa shape index (κ2) is 7.81. The molecule has 9 heteroatoms. The van der Waals surface area contributed by atoms with Crippen molar-refractivity contribution in [3.8, 4) is 17.2 Å². The van der Waals surface area contributed by atoms with Gasteiger partial charge in [0.1, 0.15) is 30.5 Å². The number of fused-ring (bicyclic) bond motifs is 1. The van der Waals surface area contributed by atoms with E-state index >= 15 is 0 Å². The smallest absolute Gasteiger partial charge is 0.234 e. The number of nitrogens with zero attached hydrogens (tertiary/aromatic N) is 4. The monoisotopic (exact) mass is 402 g/mol. The maximum atomic E-state index is 5.87. The van der Waals surface area contributed by atoms with Gasteiger partial charge >= 0.3 is 0 Å². The van der Waals surface area contributed by atoms with Crippen LogP contribution in [0.1, 0.15) is 10.8 Å². The molecule has 0 saturated carbocycles. The van der Waals surface area contributed by atoms with Crippen LogP contribution in [0.3, 0.4) is 0 Å². The van der Waals surface area contributed by atoms with E-state index in [9.17, 15) is 0 Å². The minimum Gasteiger partial charge on any atom is -0.497 e. The lowest BCUT2D eigenvalue weighted by Gasteiger charge is -2.05. The first kappa shape index (κ1) is 17.6. The Hall–Kier alpha value is -2.84. The molecule has 0 bridgehead atoms. The highest BCUT2D eigenvalue weighted by Crippen LogP contribution is 2.21. The summed E-state index contributed by atoms with van der Waals surface area (Å²) in [5.41, 5.74) is 0. The topological polar surface area (TPSA) is 70.8 Å². The summed E-state index contributed by atoms with van der Waals surface area (Å²) in [6.45, 7) is 0.600. The summed E-state index contributed by atoms with van der Waals surface area (Å²) in [4.78, 5) is 0.693. The molecule has 2 aromatic heterocycles. The zero-order chi connectivity index (χ0) is 18.6. The largest absolute Gasteiger partial charge is 0.497 e. The minimum atomic E-state index is 0.259. The molecule has 0 aliphatic carbocycles. The van der Waals surface area contributed by atoms with Crippen LogP contribution in [0.5, 0.6) is 17.2 Å². The van der Waals surface area contributed by atoms with Crippen molar-refractivity contribution in [1.82, 2.24) is 19.8 Å². The molecule has 0 aliphatic rings. The average Bonchev–Trinajstić information content (AvgIpc) is 3.27. The quantitative estimate of drug-likeness (QED) is 0.465. The Labute approximate surface area is 164 Å². The lowest BCUT2D eigenvalue weighted by atomic mass is 10.3. The Balaban J connectivity index is 1.41. The van der Waals surface area contributed by atoms with Gasteiger partial charge in [0.25, 0.3) is 0 Å². The van der Waals surface area contributed by atoms with Gasteiger partial charge in [-0.2, -0.15) is 9.61 Å². The molecule has 0 N–H and O–H groups in total. The maximum absolute atomic E-state index is 5.87. The van der Waals surface area contributed by atoms with Gasteiger partial charge in [0, 0.05) is 5.02 Å². The number of aromatic nitrogens is 4. The van der Waals surface area contributed by atoms with Crippen molar-refractivity contribution in [2.45, 2.75) is 13.2 Å². The Morgan fingerprint density at radius 2 is 1.52 bits per heavy atom. The Morgan fingerprint density at radius 1 is 0.889 bits per heavy atom. The molecule has 4 rings (SSSR count). The fraction of sp³-hybridized carbons (Fsp3) is 0.167. The molecule has 7 nitrogen and oxygen atoms in total. The van der Waals surface area contributed by atoms with E-state index in [-0.39, 0.29) is 6.61 Å². The van der Waals surface area contributed by atoms with Crippen LogP contribution in [0, 0.1) is 0 Å². The van der Waals surface area contributed by atoms with Crippen LogP contribution in [0.4, 0.5) is 0 Å². The molecule has 0 aliphatic heterocycles. The highest BCUT2D eigenvalue weighted by molar-refractivity contribution is 7.16. The summed E-state index contributed by atoms with van der Waals surface area (Å²) in [6, 6.07) is 14.5. The van der Waals surface area contributed by atoms with Crippen LogP contribution in [-0.4, -0.2) is 26.9 Å². The molecule has 138 valence electrons. The molecule has 0 radical (unpaired) electrons. The first-order valence-corrected chi connectivity index (χ1v) is 9.26. The number of rotatable bonds is 7. The average molecular weight is 403 g/mol. The van der Waals surface area contributed by atoms with E-state index in [0.29, 0.717) is 28.2 Å². The van der Waals surface area contributed by atoms with E-state index in [1.165, 1.54) is 11.3 Å². The summed E-state index contributed by atoms with van der Waals surface area (Å²) in [5, 5.41) is 14.2. The van der Waals surface area contributed by atoms with E-state index in [0.717, 1.165) is 16.5 Å². The van der Waals surface area contributed by atoms with E-state index < -0.39 is 0 Å². The SMILES string of the molecule is COc1ccc(OCc2nnc3sc(COc4ccc(Cl)cc4)nn23)cc1. The zero-order valence-electron chi connectivity index (χ0n) is 14.3. The van der Waals surface area contributed by atoms with Crippen molar-refractivity contribution < 1.29 is 14.2 Å². The summed E-state index contributed by atoms with van der Waals surface area (Å²) >= 11 is 7.29. The van der Waals surface area contributed by atoms with Crippen LogP contribution in [0.15, 0.2) is 48.5 Å². The standard InChI is InChI=1S/C18H15ClN4O3S/c1-24-13-6-8-15(9-7-13)25-10-16-20-21-18-23(16)22-17(27-18)11-26-14-4-2-12(19)3-5-14/h2-9H,10-11H2,1H3. The third-order valence-corrected chi connectivity index (χ3v) is 4.82. The Kier molecular flexibility index (Phi) is 5.08. The summed E-state index contributed by atoms with van der Waals surface area (Å²) < 4.78 is 18.3. The van der Waals surface area contributed by atoms with Gasteiger partial charge in [-0.1, -0.05) is 22.9 Å². The van der Waals surface area contributed by atoms with Crippen LogP contribution >= 0.6 is 22.9 Å². The number of ether oxygens (including phenoxy) is 3. The lowest BCUT2D eigenvalue weighted by molar-refractivity contribution is 0.289. The number of halogens is 1. The predicted octanol–water partition coefficient (Wildman–Crippen LogP) is 4.01. The van der Waals surface area contributed by atoms with Gasteiger partial charge in [0.15, 0.2) is 10.8 Å². The van der Waals surface area contributed by atoms with Crippen LogP contribution in [0.2, 0.25) is 5.02 Å². The van der Waals surface area contributed by atoms with Gasteiger partial charge in [0.2, 0.25) is 4.96 Å². The third kappa shape index (κ3) is 4.12. The number of benzene rings is 2. The molecule has 2 aromatic carbocycles. The number of methoxy groups -OCH3 is 1. The normalized spacial score (nSPS) is 10.9. The van der Waals surface area contributed by atoms with Crippen LogP contribution < -0.4 is 14.2 Å². The molecule has 0 unspecified atom stereocenters. The van der Waals surface area contributed by atoms with Crippen molar-refractivity contribution in [1.29, 1.82) is 0 Å². The predicted molar refractivity (Wildman–Crippen MR) is 102 cm³/mol. The van der Waals surface area contributed by atoms with E-state index in [2.05, 4.69) is 15.3 Å². The van der Waals surface area contributed by atoms with Gasteiger partial charge in [-0.05, 0) is 48.5 Å². The summed E-state index contributed by atoms with van der Waals surface area (Å²) in [7, 11) is 1.62.